The van der Waals surface area contributed by atoms with Crippen molar-refractivity contribution in [1.29, 1.82) is 0 Å². The second-order valence-corrected chi connectivity index (χ2v) is 5.52. The lowest BCUT2D eigenvalue weighted by molar-refractivity contribution is -0.136. The van der Waals surface area contributed by atoms with Gasteiger partial charge in [0.05, 0.1) is 6.61 Å². The molecule has 0 aromatic rings. The molecule has 20 heavy (non-hydrogen) atoms. The standard InChI is InChI=1S/C18H32O2/c1-3-5-6-7-8-9-10-11-12-13-14-15-16-17-20-18(19)4-2/h2H,3,5-17H2,1H3. The van der Waals surface area contributed by atoms with Gasteiger partial charge in [0.25, 0.3) is 0 Å². The first-order valence-corrected chi connectivity index (χ1v) is 8.44. The van der Waals surface area contributed by atoms with E-state index in [1.54, 1.807) is 0 Å². The molecule has 0 rings (SSSR count). The van der Waals surface area contributed by atoms with Crippen LogP contribution in [0.25, 0.3) is 0 Å². The lowest BCUT2D eigenvalue weighted by atomic mass is 10.0. The maximum Gasteiger partial charge on any atom is 0.384 e. The Morgan fingerprint density at radius 2 is 1.20 bits per heavy atom. The summed E-state index contributed by atoms with van der Waals surface area (Å²) in [6.45, 7) is 2.74. The molecule has 0 amide bonds. The van der Waals surface area contributed by atoms with E-state index < -0.39 is 5.97 Å². The molecule has 0 radical (unpaired) electrons. The predicted molar refractivity (Wildman–Crippen MR) is 85.5 cm³/mol. The Morgan fingerprint density at radius 1 is 0.800 bits per heavy atom. The van der Waals surface area contributed by atoms with Gasteiger partial charge in [0.2, 0.25) is 0 Å². The van der Waals surface area contributed by atoms with Gasteiger partial charge in [0, 0.05) is 5.92 Å². The molecule has 0 aliphatic rings. The minimum absolute atomic E-state index is 0.473. The summed E-state index contributed by atoms with van der Waals surface area (Å²) >= 11 is 0. The zero-order valence-corrected chi connectivity index (χ0v) is 13.3. The van der Waals surface area contributed by atoms with E-state index in [4.69, 9.17) is 11.2 Å². The van der Waals surface area contributed by atoms with Crippen molar-refractivity contribution in [3.63, 3.8) is 0 Å². The maximum atomic E-state index is 10.7. The van der Waals surface area contributed by atoms with E-state index in [-0.39, 0.29) is 0 Å². The Bertz CT molecular complexity index is 253. The molecule has 0 N–H and O–H groups in total. The Labute approximate surface area is 125 Å². The van der Waals surface area contributed by atoms with Gasteiger partial charge in [0.1, 0.15) is 0 Å². The molecular formula is C18H32O2. The lowest BCUT2D eigenvalue weighted by Gasteiger charge is -2.03. The summed E-state index contributed by atoms with van der Waals surface area (Å²) in [7, 11) is 0. The summed E-state index contributed by atoms with van der Waals surface area (Å²) in [6.07, 6.45) is 22.0. The fraction of sp³-hybridized carbons (Fsp3) is 0.833. The number of carbonyl (C=O) groups excluding carboxylic acids is 1. The van der Waals surface area contributed by atoms with Gasteiger partial charge in [-0.2, -0.15) is 0 Å². The molecule has 0 aliphatic carbocycles. The van der Waals surface area contributed by atoms with Crippen molar-refractivity contribution in [1.82, 2.24) is 0 Å². The van der Waals surface area contributed by atoms with E-state index in [0.29, 0.717) is 6.61 Å². The van der Waals surface area contributed by atoms with E-state index in [2.05, 4.69) is 6.92 Å². The van der Waals surface area contributed by atoms with Crippen LogP contribution in [0.3, 0.4) is 0 Å². The first-order chi connectivity index (χ1) is 9.81. The van der Waals surface area contributed by atoms with Crippen molar-refractivity contribution >= 4 is 5.97 Å². The van der Waals surface area contributed by atoms with Gasteiger partial charge in [-0.3, -0.25) is 0 Å². The molecular weight excluding hydrogens is 248 g/mol. The van der Waals surface area contributed by atoms with Crippen molar-refractivity contribution < 1.29 is 9.53 Å². The third kappa shape index (κ3) is 15.1. The topological polar surface area (TPSA) is 26.3 Å². The Hall–Kier alpha value is -0.970. The first kappa shape index (κ1) is 19.0. The Kier molecular flexibility index (Phi) is 15.3. The number of ether oxygens (including phenoxy) is 1. The molecule has 0 bridgehead atoms. The molecule has 0 heterocycles. The largest absolute Gasteiger partial charge is 0.456 e. The third-order valence-electron chi connectivity index (χ3n) is 3.60. The summed E-state index contributed by atoms with van der Waals surface area (Å²) in [5, 5.41) is 0. The average molecular weight is 280 g/mol. The van der Waals surface area contributed by atoms with E-state index in [0.717, 1.165) is 12.8 Å². The minimum Gasteiger partial charge on any atom is -0.456 e. The van der Waals surface area contributed by atoms with Gasteiger partial charge < -0.3 is 4.74 Å². The van der Waals surface area contributed by atoms with Crippen LogP contribution >= 0.6 is 0 Å². The molecule has 0 fully saturated rings. The van der Waals surface area contributed by atoms with Crippen LogP contribution in [0.2, 0.25) is 0 Å². The van der Waals surface area contributed by atoms with Gasteiger partial charge >= 0.3 is 5.97 Å². The number of hydrogen-bond donors (Lipinski definition) is 0. The third-order valence-corrected chi connectivity index (χ3v) is 3.60. The number of hydrogen-bond acceptors (Lipinski definition) is 2. The van der Waals surface area contributed by atoms with Gasteiger partial charge in [0.15, 0.2) is 0 Å². The second-order valence-electron chi connectivity index (χ2n) is 5.52. The fourth-order valence-electron chi connectivity index (χ4n) is 2.33. The lowest BCUT2D eigenvalue weighted by Crippen LogP contribution is -2.02. The van der Waals surface area contributed by atoms with E-state index >= 15 is 0 Å². The van der Waals surface area contributed by atoms with Crippen LogP contribution < -0.4 is 0 Å². The normalized spacial score (nSPS) is 10.2. The molecule has 0 spiro atoms. The van der Waals surface area contributed by atoms with Gasteiger partial charge in [-0.25, -0.2) is 4.79 Å². The Balaban J connectivity index is 2.99. The second kappa shape index (κ2) is 16.1. The summed E-state index contributed by atoms with van der Waals surface area (Å²) in [5.74, 6) is 1.41. The monoisotopic (exact) mass is 280 g/mol. The highest BCUT2D eigenvalue weighted by atomic mass is 16.5. The number of rotatable bonds is 14. The zero-order chi connectivity index (χ0) is 14.9. The van der Waals surface area contributed by atoms with Crippen molar-refractivity contribution in [2.75, 3.05) is 6.61 Å². The molecule has 0 atom stereocenters. The highest BCUT2D eigenvalue weighted by molar-refractivity contribution is 5.87. The zero-order valence-electron chi connectivity index (χ0n) is 13.3. The fourth-order valence-corrected chi connectivity index (χ4v) is 2.33. The highest BCUT2D eigenvalue weighted by Gasteiger charge is 1.96. The average Bonchev–Trinajstić information content (AvgIpc) is 2.47. The summed E-state index contributed by atoms with van der Waals surface area (Å²) in [6, 6.07) is 0. The maximum absolute atomic E-state index is 10.7. The molecule has 2 nitrogen and oxygen atoms in total. The van der Waals surface area contributed by atoms with E-state index in [1.165, 1.54) is 70.6 Å². The van der Waals surface area contributed by atoms with Crippen molar-refractivity contribution in [2.45, 2.75) is 90.4 Å². The smallest absolute Gasteiger partial charge is 0.384 e. The molecule has 0 aliphatic heterocycles. The van der Waals surface area contributed by atoms with Gasteiger partial charge in [-0.1, -0.05) is 84.0 Å². The van der Waals surface area contributed by atoms with Crippen LogP contribution in [0.1, 0.15) is 90.4 Å². The molecule has 116 valence electrons. The summed E-state index contributed by atoms with van der Waals surface area (Å²) in [4.78, 5) is 10.7. The number of unbranched alkanes of at least 4 members (excludes halogenated alkanes) is 12. The highest BCUT2D eigenvalue weighted by Crippen LogP contribution is 2.12. The van der Waals surface area contributed by atoms with Gasteiger partial charge in [-0.05, 0) is 6.42 Å². The molecule has 0 saturated heterocycles. The van der Waals surface area contributed by atoms with Crippen LogP contribution in [0.15, 0.2) is 0 Å². The van der Waals surface area contributed by atoms with Crippen LogP contribution in [0.5, 0.6) is 0 Å². The van der Waals surface area contributed by atoms with Crippen molar-refractivity contribution in [3.8, 4) is 12.3 Å². The minimum atomic E-state index is -0.538. The molecule has 0 aromatic heterocycles. The summed E-state index contributed by atoms with van der Waals surface area (Å²) in [5.41, 5.74) is 0. The van der Waals surface area contributed by atoms with Crippen molar-refractivity contribution in [3.05, 3.63) is 0 Å². The van der Waals surface area contributed by atoms with Crippen molar-refractivity contribution in [2.24, 2.45) is 0 Å². The molecule has 0 saturated carbocycles. The summed E-state index contributed by atoms with van der Waals surface area (Å²) < 4.78 is 4.82. The van der Waals surface area contributed by atoms with Crippen LogP contribution in [0.4, 0.5) is 0 Å². The SMILES string of the molecule is C#CC(=O)OCCCCCCCCCCCCCCC. The number of terminal acetylenes is 1. The Morgan fingerprint density at radius 3 is 1.60 bits per heavy atom. The first-order valence-electron chi connectivity index (χ1n) is 8.44. The van der Waals surface area contributed by atoms with E-state index in [1.807, 2.05) is 5.92 Å². The van der Waals surface area contributed by atoms with Gasteiger partial charge in [-0.15, -0.1) is 6.42 Å². The molecule has 2 heteroatoms. The predicted octanol–water partition coefficient (Wildman–Crippen LogP) is 5.25. The van der Waals surface area contributed by atoms with Crippen LogP contribution in [-0.4, -0.2) is 12.6 Å². The van der Waals surface area contributed by atoms with E-state index in [9.17, 15) is 4.79 Å². The number of esters is 1. The number of carbonyl (C=O) groups is 1. The van der Waals surface area contributed by atoms with Crippen LogP contribution in [0, 0.1) is 12.3 Å². The molecule has 0 aromatic carbocycles. The quantitative estimate of drug-likeness (QED) is 0.188. The molecule has 0 unspecified atom stereocenters. The van der Waals surface area contributed by atoms with Crippen LogP contribution in [-0.2, 0) is 9.53 Å².